The third-order valence-corrected chi connectivity index (χ3v) is 3.63. The van der Waals surface area contributed by atoms with Crippen molar-refractivity contribution in [1.29, 1.82) is 0 Å². The van der Waals surface area contributed by atoms with Crippen molar-refractivity contribution in [3.8, 4) is 0 Å². The minimum atomic E-state index is -3.90. The van der Waals surface area contributed by atoms with Gasteiger partial charge in [0.25, 0.3) is 20.4 Å². The average Bonchev–Trinajstić information content (AvgIpc) is 2.24. The molecule has 0 radical (unpaired) electrons. The normalized spacial score (nSPS) is 12.4. The van der Waals surface area contributed by atoms with E-state index in [1.54, 1.807) is 0 Å². The molecule has 0 aliphatic heterocycles. The van der Waals surface area contributed by atoms with Crippen LogP contribution >= 0.6 is 0 Å². The molecule has 1 rings (SSSR count). The van der Waals surface area contributed by atoms with E-state index in [0.717, 1.165) is 0 Å². The van der Waals surface area contributed by atoms with Gasteiger partial charge in [0, 0.05) is 6.54 Å². The highest BCUT2D eigenvalue weighted by Gasteiger charge is 2.11. The number of rotatable bonds is 7. The van der Waals surface area contributed by atoms with E-state index >= 15 is 0 Å². The molecule has 0 saturated heterocycles. The van der Waals surface area contributed by atoms with Crippen molar-refractivity contribution >= 4 is 31.8 Å². The van der Waals surface area contributed by atoms with E-state index in [0.29, 0.717) is 6.54 Å². The van der Waals surface area contributed by atoms with Gasteiger partial charge < -0.3 is 0 Å². The van der Waals surface area contributed by atoms with Gasteiger partial charge in [-0.25, -0.2) is 5.14 Å². The van der Waals surface area contributed by atoms with E-state index in [9.17, 15) is 16.8 Å². The van der Waals surface area contributed by atoms with Gasteiger partial charge in [-0.2, -0.15) is 21.6 Å². The van der Waals surface area contributed by atoms with Crippen LogP contribution < -0.4 is 19.3 Å². The molecule has 0 spiro atoms. The molecule has 1 aromatic carbocycles. The van der Waals surface area contributed by atoms with E-state index in [1.165, 1.54) is 24.3 Å². The summed E-state index contributed by atoms with van der Waals surface area (Å²) in [6, 6.07) is 5.75. The maximum Gasteiger partial charge on any atom is 0.299 e. The molecule has 8 nitrogen and oxygen atoms in total. The maximum atomic E-state index is 11.7. The Bertz CT molecular complexity index is 656. The largest absolute Gasteiger partial charge is 0.299 e. The molecular formula is C10H18N4O4S2. The zero-order valence-corrected chi connectivity index (χ0v) is 12.8. The van der Waals surface area contributed by atoms with E-state index in [-0.39, 0.29) is 17.3 Å². The lowest BCUT2D eigenvalue weighted by atomic mass is 10.2. The molecule has 0 bridgehead atoms. The first-order chi connectivity index (χ1) is 9.07. The first-order valence-electron chi connectivity index (χ1n) is 5.75. The van der Waals surface area contributed by atoms with Gasteiger partial charge in [-0.3, -0.25) is 9.44 Å². The van der Waals surface area contributed by atoms with Crippen LogP contribution in [0.25, 0.3) is 0 Å². The van der Waals surface area contributed by atoms with Crippen LogP contribution in [0, 0.1) is 5.92 Å². The van der Waals surface area contributed by atoms with Crippen LogP contribution in [-0.4, -0.2) is 23.4 Å². The molecule has 1 aromatic rings. The van der Waals surface area contributed by atoms with E-state index in [2.05, 4.69) is 14.2 Å². The van der Waals surface area contributed by atoms with E-state index < -0.39 is 20.4 Å². The van der Waals surface area contributed by atoms with E-state index in [1.807, 2.05) is 13.8 Å². The van der Waals surface area contributed by atoms with Gasteiger partial charge in [-0.05, 0) is 24.1 Å². The number of nitrogens with two attached hydrogens (primary N) is 1. The second kappa shape index (κ2) is 6.39. The van der Waals surface area contributed by atoms with Crippen molar-refractivity contribution in [1.82, 2.24) is 4.72 Å². The molecule has 0 fully saturated rings. The van der Waals surface area contributed by atoms with Crippen LogP contribution in [0.2, 0.25) is 0 Å². The number of hydrogen-bond acceptors (Lipinski definition) is 4. The molecule has 0 amide bonds. The highest BCUT2D eigenvalue weighted by molar-refractivity contribution is 7.91. The standard InChI is InChI=1S/C10H18N4O4S2/c1-8(2)7-12-20(17,18)14-10-5-3-4-9(6-10)13-19(11,15)16/h3-6,8,12-14H,7H2,1-2H3,(H2,11,15,16). The predicted molar refractivity (Wildman–Crippen MR) is 78.6 cm³/mol. The van der Waals surface area contributed by atoms with Crippen molar-refractivity contribution in [2.75, 3.05) is 16.0 Å². The molecule has 0 saturated carbocycles. The van der Waals surface area contributed by atoms with E-state index in [4.69, 9.17) is 5.14 Å². The first-order valence-corrected chi connectivity index (χ1v) is 8.78. The Morgan fingerprint density at radius 3 is 2.15 bits per heavy atom. The summed E-state index contributed by atoms with van der Waals surface area (Å²) in [7, 11) is -7.60. The van der Waals surface area contributed by atoms with Gasteiger partial charge in [0.2, 0.25) is 0 Å². The molecule has 0 aliphatic carbocycles. The van der Waals surface area contributed by atoms with Gasteiger partial charge in [0.05, 0.1) is 11.4 Å². The number of benzene rings is 1. The Hall–Kier alpha value is -1.36. The Morgan fingerprint density at radius 2 is 1.65 bits per heavy atom. The monoisotopic (exact) mass is 322 g/mol. The third-order valence-electron chi connectivity index (χ3n) is 2.06. The quantitative estimate of drug-likeness (QED) is 0.571. The van der Waals surface area contributed by atoms with Crippen LogP contribution in [0.1, 0.15) is 13.8 Å². The van der Waals surface area contributed by atoms with Crippen LogP contribution in [0.3, 0.4) is 0 Å². The molecule has 0 aromatic heterocycles. The molecule has 0 aliphatic rings. The molecule has 10 heteroatoms. The van der Waals surface area contributed by atoms with Crippen molar-refractivity contribution < 1.29 is 16.8 Å². The lowest BCUT2D eigenvalue weighted by Crippen LogP contribution is -2.32. The summed E-state index contributed by atoms with van der Waals surface area (Å²) in [5.41, 5.74) is 0.381. The zero-order chi connectivity index (χ0) is 15.4. The van der Waals surface area contributed by atoms with Gasteiger partial charge in [0.1, 0.15) is 0 Å². The lowest BCUT2D eigenvalue weighted by molar-refractivity contribution is 0.565. The van der Waals surface area contributed by atoms with Crippen LogP contribution in [0.4, 0.5) is 11.4 Å². The fourth-order valence-corrected chi connectivity index (χ4v) is 2.80. The summed E-state index contributed by atoms with van der Waals surface area (Å²) >= 11 is 0. The van der Waals surface area contributed by atoms with Gasteiger partial charge in [-0.15, -0.1) is 0 Å². The minimum absolute atomic E-state index is 0.163. The van der Waals surface area contributed by atoms with Crippen molar-refractivity contribution in [2.45, 2.75) is 13.8 Å². The van der Waals surface area contributed by atoms with Crippen LogP contribution in [0.5, 0.6) is 0 Å². The molecule has 0 unspecified atom stereocenters. The van der Waals surface area contributed by atoms with Crippen molar-refractivity contribution in [2.24, 2.45) is 11.1 Å². The van der Waals surface area contributed by atoms with Crippen molar-refractivity contribution in [3.63, 3.8) is 0 Å². The summed E-state index contributed by atoms with van der Waals surface area (Å²) in [6.07, 6.45) is 0. The molecule has 0 atom stereocenters. The summed E-state index contributed by atoms with van der Waals surface area (Å²) in [5.74, 6) is 0.168. The predicted octanol–water partition coefficient (Wildman–Crippen LogP) is 0.204. The second-order valence-electron chi connectivity index (χ2n) is 4.58. The SMILES string of the molecule is CC(C)CNS(=O)(=O)Nc1cccc(NS(N)(=O)=O)c1. The topological polar surface area (TPSA) is 130 Å². The molecule has 20 heavy (non-hydrogen) atoms. The summed E-state index contributed by atoms with van der Waals surface area (Å²) in [4.78, 5) is 0. The van der Waals surface area contributed by atoms with Gasteiger partial charge in [0.15, 0.2) is 0 Å². The fourth-order valence-electron chi connectivity index (χ4n) is 1.28. The summed E-state index contributed by atoms with van der Waals surface area (Å²) in [5, 5.41) is 4.84. The maximum absolute atomic E-state index is 11.7. The highest BCUT2D eigenvalue weighted by Crippen LogP contribution is 2.16. The Labute approximate surface area is 119 Å². The molecule has 0 heterocycles. The Balaban J connectivity index is 2.80. The molecular weight excluding hydrogens is 304 g/mol. The number of nitrogens with one attached hydrogen (secondary N) is 3. The molecule has 114 valence electrons. The fraction of sp³-hybridized carbons (Fsp3) is 0.400. The second-order valence-corrected chi connectivity index (χ2v) is 7.37. The average molecular weight is 322 g/mol. The zero-order valence-electron chi connectivity index (χ0n) is 11.1. The Kier molecular flexibility index (Phi) is 5.34. The summed E-state index contributed by atoms with van der Waals surface area (Å²) < 4.78 is 51.9. The van der Waals surface area contributed by atoms with Gasteiger partial charge >= 0.3 is 0 Å². The third kappa shape index (κ3) is 6.70. The number of anilines is 2. The minimum Gasteiger partial charge on any atom is -0.271 e. The van der Waals surface area contributed by atoms with Crippen LogP contribution in [0.15, 0.2) is 24.3 Å². The van der Waals surface area contributed by atoms with Crippen molar-refractivity contribution in [3.05, 3.63) is 24.3 Å². The van der Waals surface area contributed by atoms with Crippen LogP contribution in [-0.2, 0) is 20.4 Å². The summed E-state index contributed by atoms with van der Waals surface area (Å²) in [6.45, 7) is 4.04. The molecule has 5 N–H and O–H groups in total. The lowest BCUT2D eigenvalue weighted by Gasteiger charge is -2.12. The Morgan fingerprint density at radius 1 is 1.10 bits per heavy atom. The highest BCUT2D eigenvalue weighted by atomic mass is 32.2. The number of hydrogen-bond donors (Lipinski definition) is 4. The smallest absolute Gasteiger partial charge is 0.271 e. The first kappa shape index (κ1) is 16.7. The van der Waals surface area contributed by atoms with Gasteiger partial charge in [-0.1, -0.05) is 19.9 Å².